The van der Waals surface area contributed by atoms with Crippen molar-refractivity contribution in [2.45, 2.75) is 23.6 Å². The van der Waals surface area contributed by atoms with E-state index >= 15 is 0 Å². The molecule has 146 valence electrons. The molecule has 3 aliphatic heterocycles. The Hall–Kier alpha value is -1.42. The molecule has 0 aromatic heterocycles. The number of thioether (sulfide) groups is 2. The second kappa shape index (κ2) is 6.88. The lowest BCUT2D eigenvalue weighted by Gasteiger charge is -2.24. The number of fused-ring (bicyclic) bond motifs is 2. The summed E-state index contributed by atoms with van der Waals surface area (Å²) in [5.74, 6) is -16.3. The van der Waals surface area contributed by atoms with Gasteiger partial charge in [-0.25, -0.2) is 35.1 Å². The van der Waals surface area contributed by atoms with Gasteiger partial charge in [-0.2, -0.15) is 0 Å². The van der Waals surface area contributed by atoms with E-state index < -0.39 is 72.9 Å². The topological polar surface area (TPSA) is 0 Å². The molecular formula is C17H10F8S2. The maximum atomic E-state index is 14.4. The van der Waals surface area contributed by atoms with Crippen LogP contribution in [0.3, 0.4) is 0 Å². The molecule has 0 unspecified atom stereocenters. The maximum Gasteiger partial charge on any atom is 0.176 e. The molecule has 0 atom stereocenters. The Bertz CT molecular complexity index is 821. The summed E-state index contributed by atoms with van der Waals surface area (Å²) in [6, 6.07) is 0. The maximum absolute atomic E-state index is 14.4. The van der Waals surface area contributed by atoms with Gasteiger partial charge in [0.1, 0.15) is 0 Å². The van der Waals surface area contributed by atoms with Crippen molar-refractivity contribution in [3.05, 3.63) is 46.5 Å². The molecule has 0 amide bonds. The molecule has 0 nitrogen and oxygen atoms in total. The predicted molar refractivity (Wildman–Crippen MR) is 86.8 cm³/mol. The molecule has 2 aromatic carbocycles. The fraction of sp³-hybridized carbons (Fsp3) is 0.294. The second-order valence-corrected chi connectivity index (χ2v) is 8.63. The van der Waals surface area contributed by atoms with Crippen LogP contribution >= 0.6 is 23.5 Å². The van der Waals surface area contributed by atoms with Gasteiger partial charge in [-0.15, -0.1) is 23.5 Å². The predicted octanol–water partition coefficient (Wildman–Crippen LogP) is 6.69. The van der Waals surface area contributed by atoms with Gasteiger partial charge in [-0.3, -0.25) is 0 Å². The summed E-state index contributed by atoms with van der Waals surface area (Å²) < 4.78 is 115. The van der Waals surface area contributed by atoms with Crippen molar-refractivity contribution >= 4 is 23.5 Å². The van der Waals surface area contributed by atoms with E-state index in [1.165, 1.54) is 0 Å². The quantitative estimate of drug-likeness (QED) is 0.337. The Balaban J connectivity index is 2.50. The van der Waals surface area contributed by atoms with Gasteiger partial charge >= 0.3 is 0 Å². The molecule has 0 radical (unpaired) electrons. The van der Waals surface area contributed by atoms with Crippen molar-refractivity contribution in [2.75, 3.05) is 11.5 Å². The summed E-state index contributed by atoms with van der Waals surface area (Å²) in [5.41, 5.74) is -4.53. The van der Waals surface area contributed by atoms with Crippen LogP contribution in [-0.2, 0) is 0 Å². The molecule has 3 heterocycles. The number of hydrogen-bond donors (Lipinski definition) is 0. The van der Waals surface area contributed by atoms with Crippen molar-refractivity contribution in [3.8, 4) is 11.1 Å². The van der Waals surface area contributed by atoms with Crippen molar-refractivity contribution in [3.63, 3.8) is 0 Å². The summed E-state index contributed by atoms with van der Waals surface area (Å²) >= 11 is 0.922. The van der Waals surface area contributed by atoms with Crippen LogP contribution in [0.15, 0.2) is 9.79 Å². The van der Waals surface area contributed by atoms with Gasteiger partial charge in [0.05, 0.1) is 20.9 Å². The van der Waals surface area contributed by atoms with E-state index in [1.54, 1.807) is 13.8 Å². The molecule has 4 bridgehead atoms. The van der Waals surface area contributed by atoms with Crippen LogP contribution in [0.2, 0.25) is 0 Å². The van der Waals surface area contributed by atoms with Crippen molar-refractivity contribution in [2.24, 2.45) is 5.41 Å². The third-order valence-electron chi connectivity index (χ3n) is 3.91. The van der Waals surface area contributed by atoms with Gasteiger partial charge in [-0.05, 0) is 5.41 Å². The lowest BCUT2D eigenvalue weighted by atomic mass is 10.0. The first-order valence-corrected chi connectivity index (χ1v) is 9.43. The fourth-order valence-electron chi connectivity index (χ4n) is 2.49. The number of halogens is 8. The normalized spacial score (nSPS) is 16.2. The van der Waals surface area contributed by atoms with Gasteiger partial charge in [0.25, 0.3) is 0 Å². The number of hydrogen-bond acceptors (Lipinski definition) is 2. The fourth-order valence-corrected chi connectivity index (χ4v) is 4.76. The zero-order valence-corrected chi connectivity index (χ0v) is 15.4. The second-order valence-electron chi connectivity index (χ2n) is 6.66. The van der Waals surface area contributed by atoms with E-state index in [0.29, 0.717) is 23.5 Å². The molecule has 3 aliphatic rings. The van der Waals surface area contributed by atoms with Crippen LogP contribution in [0.25, 0.3) is 11.1 Å². The Morgan fingerprint density at radius 1 is 0.519 bits per heavy atom. The molecule has 0 spiro atoms. The van der Waals surface area contributed by atoms with Crippen LogP contribution in [0.4, 0.5) is 35.1 Å². The lowest BCUT2D eigenvalue weighted by Crippen LogP contribution is -2.18. The molecule has 0 fully saturated rings. The van der Waals surface area contributed by atoms with E-state index in [2.05, 4.69) is 0 Å². The van der Waals surface area contributed by atoms with E-state index in [0.717, 1.165) is 0 Å². The van der Waals surface area contributed by atoms with Gasteiger partial charge in [0.2, 0.25) is 0 Å². The van der Waals surface area contributed by atoms with Gasteiger partial charge in [0.15, 0.2) is 46.5 Å². The third-order valence-corrected chi connectivity index (χ3v) is 7.06. The Morgan fingerprint density at radius 3 is 1.04 bits per heavy atom. The highest BCUT2D eigenvalue weighted by atomic mass is 32.2. The highest BCUT2D eigenvalue weighted by Gasteiger charge is 2.36. The summed E-state index contributed by atoms with van der Waals surface area (Å²) in [7, 11) is 0. The molecule has 0 saturated carbocycles. The van der Waals surface area contributed by atoms with Crippen LogP contribution in [-0.4, -0.2) is 11.5 Å². The Kier molecular flexibility index (Phi) is 5.17. The Labute approximate surface area is 157 Å². The third kappa shape index (κ3) is 3.20. The first-order valence-electron chi connectivity index (χ1n) is 7.45. The van der Waals surface area contributed by atoms with E-state index in [-0.39, 0.29) is 11.5 Å². The van der Waals surface area contributed by atoms with Crippen LogP contribution in [0.1, 0.15) is 13.8 Å². The highest BCUT2D eigenvalue weighted by Crippen LogP contribution is 2.44. The first-order chi connectivity index (χ1) is 12.5. The SMILES string of the molecule is CC1(C)CSc2c(F)c(F)c(c(F)c2F)-c2c(F)c(F)c(c(F)c2F)SC1. The smallest absolute Gasteiger partial charge is 0.176 e. The van der Waals surface area contributed by atoms with Crippen LogP contribution < -0.4 is 0 Å². The molecule has 5 rings (SSSR count). The summed E-state index contributed by atoms with van der Waals surface area (Å²) in [4.78, 5) is -2.02. The molecular weight excluding hydrogens is 420 g/mol. The van der Waals surface area contributed by atoms with Crippen LogP contribution in [0, 0.1) is 52.0 Å². The van der Waals surface area contributed by atoms with E-state index in [4.69, 9.17) is 0 Å². The Morgan fingerprint density at radius 2 is 0.778 bits per heavy atom. The molecule has 0 saturated heterocycles. The van der Waals surface area contributed by atoms with Crippen molar-refractivity contribution in [1.82, 2.24) is 0 Å². The van der Waals surface area contributed by atoms with Crippen molar-refractivity contribution < 1.29 is 35.1 Å². The summed E-state index contributed by atoms with van der Waals surface area (Å²) in [6.45, 7) is 3.11. The monoisotopic (exact) mass is 430 g/mol. The zero-order chi connectivity index (χ0) is 20.3. The summed E-state index contributed by atoms with van der Waals surface area (Å²) in [6.07, 6.45) is 0. The minimum atomic E-state index is -2.13. The standard InChI is InChI=1S/C17H10F8S2/c1-17(2)3-26-15-11(22)7(18)5(8(19)12(15)23)6-9(20)13(24)16(27-4-17)14(25)10(6)21/h3-4H2,1-2H3. The van der Waals surface area contributed by atoms with Gasteiger partial charge < -0.3 is 0 Å². The first kappa shape index (κ1) is 20.3. The summed E-state index contributed by atoms with van der Waals surface area (Å²) in [5, 5.41) is 0. The average molecular weight is 430 g/mol. The number of benzene rings is 2. The molecule has 27 heavy (non-hydrogen) atoms. The van der Waals surface area contributed by atoms with Gasteiger partial charge in [0, 0.05) is 11.5 Å². The zero-order valence-electron chi connectivity index (χ0n) is 13.8. The van der Waals surface area contributed by atoms with E-state index in [1.807, 2.05) is 0 Å². The molecule has 0 N–H and O–H groups in total. The van der Waals surface area contributed by atoms with Gasteiger partial charge in [-0.1, -0.05) is 13.8 Å². The van der Waals surface area contributed by atoms with E-state index in [9.17, 15) is 35.1 Å². The molecule has 0 aliphatic carbocycles. The minimum Gasteiger partial charge on any atom is -0.203 e. The number of rotatable bonds is 0. The lowest BCUT2D eigenvalue weighted by molar-refractivity contribution is 0.415. The van der Waals surface area contributed by atoms with Crippen molar-refractivity contribution in [1.29, 1.82) is 0 Å². The largest absolute Gasteiger partial charge is 0.203 e. The molecule has 10 heteroatoms. The molecule has 2 aromatic rings. The van der Waals surface area contributed by atoms with Crippen LogP contribution in [0.5, 0.6) is 0 Å². The minimum absolute atomic E-state index is 0.0858. The highest BCUT2D eigenvalue weighted by molar-refractivity contribution is 8.00. The average Bonchev–Trinajstić information content (AvgIpc) is 2.61.